The molecule has 0 atom stereocenters. The first-order valence-corrected chi connectivity index (χ1v) is 7.54. The number of benzene rings is 2. The molecule has 0 aliphatic heterocycles. The zero-order valence-electron chi connectivity index (χ0n) is 13.3. The molecule has 128 valence electrons. The maximum atomic E-state index is 12.2. The summed E-state index contributed by atoms with van der Waals surface area (Å²) in [5, 5.41) is 23.6. The monoisotopic (exact) mass is 339 g/mol. The summed E-state index contributed by atoms with van der Waals surface area (Å²) in [6.07, 6.45) is 3.28. The summed E-state index contributed by atoms with van der Waals surface area (Å²) in [5.74, 6) is -0.420. The van der Waals surface area contributed by atoms with E-state index < -0.39 is 10.8 Å². The van der Waals surface area contributed by atoms with E-state index in [9.17, 15) is 14.9 Å². The number of hydrogen-bond acceptors (Lipinski definition) is 5. The topological polar surface area (TPSA) is 105 Å². The molecule has 1 amide bonds. The summed E-state index contributed by atoms with van der Waals surface area (Å²) in [7, 11) is 0. The second kappa shape index (κ2) is 9.09. The molecule has 0 spiro atoms. The van der Waals surface area contributed by atoms with Gasteiger partial charge in [-0.05, 0) is 29.3 Å². The molecule has 0 saturated heterocycles. The average Bonchev–Trinajstić information content (AvgIpc) is 2.62. The van der Waals surface area contributed by atoms with Crippen LogP contribution in [0.5, 0.6) is 0 Å². The van der Waals surface area contributed by atoms with E-state index >= 15 is 0 Å². The SMILES string of the molecule is O=C(N/N=C\c1ccc([N+](=O)[O-])cc1)/C(=C/c1ccccc1)CCO. The summed E-state index contributed by atoms with van der Waals surface area (Å²) in [5.41, 5.74) is 4.23. The number of carbonyl (C=O) groups is 1. The van der Waals surface area contributed by atoms with E-state index in [0.29, 0.717) is 11.1 Å². The smallest absolute Gasteiger partial charge is 0.269 e. The highest BCUT2D eigenvalue weighted by atomic mass is 16.6. The normalized spacial score (nSPS) is 11.5. The molecule has 2 aromatic carbocycles. The Labute approximate surface area is 144 Å². The molecule has 0 unspecified atom stereocenters. The molecule has 7 heteroatoms. The van der Waals surface area contributed by atoms with Crippen molar-refractivity contribution in [2.75, 3.05) is 6.61 Å². The maximum absolute atomic E-state index is 12.2. The van der Waals surface area contributed by atoms with Crippen LogP contribution in [0.1, 0.15) is 17.5 Å². The zero-order valence-corrected chi connectivity index (χ0v) is 13.3. The molecule has 2 rings (SSSR count). The van der Waals surface area contributed by atoms with Crippen molar-refractivity contribution in [1.82, 2.24) is 5.43 Å². The number of rotatable bonds is 7. The van der Waals surface area contributed by atoms with Gasteiger partial charge >= 0.3 is 0 Å². The lowest BCUT2D eigenvalue weighted by Crippen LogP contribution is -2.20. The first kappa shape index (κ1) is 18.0. The Hall–Kier alpha value is -3.32. The largest absolute Gasteiger partial charge is 0.396 e. The van der Waals surface area contributed by atoms with Crippen LogP contribution in [0.4, 0.5) is 5.69 Å². The predicted octanol–water partition coefficient (Wildman–Crippen LogP) is 2.51. The molecule has 0 aliphatic carbocycles. The Bertz CT molecular complexity index is 784. The number of nitrogens with one attached hydrogen (secondary N) is 1. The van der Waals surface area contributed by atoms with Crippen LogP contribution >= 0.6 is 0 Å². The van der Waals surface area contributed by atoms with Gasteiger partial charge in [-0.15, -0.1) is 0 Å². The summed E-state index contributed by atoms with van der Waals surface area (Å²) in [4.78, 5) is 22.3. The lowest BCUT2D eigenvalue weighted by molar-refractivity contribution is -0.384. The van der Waals surface area contributed by atoms with Gasteiger partial charge in [0.05, 0.1) is 11.1 Å². The van der Waals surface area contributed by atoms with Crippen LogP contribution in [-0.2, 0) is 4.79 Å². The molecule has 0 radical (unpaired) electrons. The molecule has 0 saturated carbocycles. The molecule has 2 N–H and O–H groups in total. The summed E-state index contributed by atoms with van der Waals surface area (Å²) in [6.45, 7) is -0.155. The third-order valence-electron chi connectivity index (χ3n) is 3.30. The van der Waals surface area contributed by atoms with Crippen molar-refractivity contribution >= 4 is 23.9 Å². The highest BCUT2D eigenvalue weighted by Gasteiger charge is 2.08. The first-order chi connectivity index (χ1) is 12.1. The minimum Gasteiger partial charge on any atom is -0.396 e. The number of hydrogen-bond donors (Lipinski definition) is 2. The fourth-order valence-corrected chi connectivity index (χ4v) is 2.04. The second-order valence-corrected chi connectivity index (χ2v) is 5.10. The molecule has 0 bridgehead atoms. The number of nitrogens with zero attached hydrogens (tertiary/aromatic N) is 2. The molecule has 2 aromatic rings. The number of nitro benzene ring substituents is 1. The van der Waals surface area contributed by atoms with Gasteiger partial charge in [0.15, 0.2) is 0 Å². The summed E-state index contributed by atoms with van der Waals surface area (Å²) < 4.78 is 0. The number of aliphatic hydroxyl groups is 1. The Morgan fingerprint density at radius 2 is 1.80 bits per heavy atom. The summed E-state index contributed by atoms with van der Waals surface area (Å²) >= 11 is 0. The van der Waals surface area contributed by atoms with Crippen molar-refractivity contribution < 1.29 is 14.8 Å². The molecule has 7 nitrogen and oxygen atoms in total. The van der Waals surface area contributed by atoms with Gasteiger partial charge in [-0.1, -0.05) is 30.3 Å². The van der Waals surface area contributed by atoms with Crippen LogP contribution in [0.3, 0.4) is 0 Å². The molecule has 0 aromatic heterocycles. The van der Waals surface area contributed by atoms with Crippen LogP contribution in [0.15, 0.2) is 65.3 Å². The van der Waals surface area contributed by atoms with Crippen molar-refractivity contribution in [2.24, 2.45) is 5.10 Å². The fraction of sp³-hybridized carbons (Fsp3) is 0.111. The van der Waals surface area contributed by atoms with E-state index in [2.05, 4.69) is 10.5 Å². The Kier molecular flexibility index (Phi) is 6.56. The fourth-order valence-electron chi connectivity index (χ4n) is 2.04. The van der Waals surface area contributed by atoms with E-state index in [1.807, 2.05) is 30.3 Å². The lowest BCUT2D eigenvalue weighted by atomic mass is 10.1. The second-order valence-electron chi connectivity index (χ2n) is 5.10. The van der Waals surface area contributed by atoms with E-state index in [-0.39, 0.29) is 18.7 Å². The molecule has 25 heavy (non-hydrogen) atoms. The molecular weight excluding hydrogens is 322 g/mol. The van der Waals surface area contributed by atoms with Crippen LogP contribution < -0.4 is 5.43 Å². The number of hydrazone groups is 1. The Balaban J connectivity index is 2.03. The van der Waals surface area contributed by atoms with Gasteiger partial charge in [0.25, 0.3) is 11.6 Å². The van der Waals surface area contributed by atoms with Crippen molar-refractivity contribution in [3.63, 3.8) is 0 Å². The number of nitro groups is 1. The van der Waals surface area contributed by atoms with Crippen LogP contribution in [0.25, 0.3) is 6.08 Å². The molecule has 0 aliphatic rings. The minimum absolute atomic E-state index is 0.0165. The number of amides is 1. The summed E-state index contributed by atoms with van der Waals surface area (Å²) in [6, 6.07) is 15.1. The highest BCUT2D eigenvalue weighted by Crippen LogP contribution is 2.11. The van der Waals surface area contributed by atoms with Gasteiger partial charge in [-0.3, -0.25) is 14.9 Å². The van der Waals surface area contributed by atoms with Crippen LogP contribution in [0.2, 0.25) is 0 Å². The minimum atomic E-state index is -0.488. The third-order valence-corrected chi connectivity index (χ3v) is 3.30. The lowest BCUT2D eigenvalue weighted by Gasteiger charge is -2.04. The zero-order chi connectivity index (χ0) is 18.1. The Morgan fingerprint density at radius 3 is 2.40 bits per heavy atom. The highest BCUT2D eigenvalue weighted by molar-refractivity contribution is 5.98. The average molecular weight is 339 g/mol. The maximum Gasteiger partial charge on any atom is 0.269 e. The predicted molar refractivity (Wildman–Crippen MR) is 95.0 cm³/mol. The van der Waals surface area contributed by atoms with Crippen LogP contribution in [-0.4, -0.2) is 28.8 Å². The number of non-ortho nitro benzene ring substituents is 1. The van der Waals surface area contributed by atoms with Crippen molar-refractivity contribution in [3.05, 3.63) is 81.4 Å². The van der Waals surface area contributed by atoms with E-state index in [1.54, 1.807) is 6.08 Å². The molecule has 0 fully saturated rings. The van der Waals surface area contributed by atoms with Gasteiger partial charge in [0.2, 0.25) is 0 Å². The van der Waals surface area contributed by atoms with Crippen molar-refractivity contribution in [2.45, 2.75) is 6.42 Å². The third kappa shape index (κ3) is 5.67. The van der Waals surface area contributed by atoms with Gasteiger partial charge < -0.3 is 5.11 Å². The van der Waals surface area contributed by atoms with E-state index in [0.717, 1.165) is 5.56 Å². The number of carbonyl (C=O) groups excluding carboxylic acids is 1. The van der Waals surface area contributed by atoms with Gasteiger partial charge in [0.1, 0.15) is 0 Å². The molecule has 0 heterocycles. The Morgan fingerprint density at radius 1 is 1.12 bits per heavy atom. The van der Waals surface area contributed by atoms with Crippen LogP contribution in [0, 0.1) is 10.1 Å². The van der Waals surface area contributed by atoms with Gasteiger partial charge in [0, 0.05) is 30.7 Å². The van der Waals surface area contributed by atoms with Gasteiger partial charge in [-0.2, -0.15) is 5.10 Å². The van der Waals surface area contributed by atoms with E-state index in [1.165, 1.54) is 30.5 Å². The van der Waals surface area contributed by atoms with E-state index in [4.69, 9.17) is 5.11 Å². The van der Waals surface area contributed by atoms with Gasteiger partial charge in [-0.25, -0.2) is 5.43 Å². The van der Waals surface area contributed by atoms with Crippen molar-refractivity contribution in [3.8, 4) is 0 Å². The number of aliphatic hydroxyl groups excluding tert-OH is 1. The quantitative estimate of drug-likeness (QED) is 0.350. The molecular formula is C18H17N3O4. The van der Waals surface area contributed by atoms with Crippen molar-refractivity contribution in [1.29, 1.82) is 0 Å². The first-order valence-electron chi connectivity index (χ1n) is 7.54. The standard InChI is InChI=1S/C18H17N3O4/c22-11-10-16(12-14-4-2-1-3-5-14)18(23)20-19-13-15-6-8-17(9-7-15)21(24)25/h1-9,12-13,22H,10-11H2,(H,20,23)/b16-12+,19-13-.